The number of hydrogen-bond donors (Lipinski definition) is 7. The van der Waals surface area contributed by atoms with Gasteiger partial charge >= 0.3 is 0 Å². The highest BCUT2D eigenvalue weighted by Crippen LogP contribution is 2.19. The molecule has 11 heteroatoms. The minimum atomic E-state index is -1.31. The number of aromatic nitrogens is 1. The number of hydrogen-bond acceptors (Lipinski definition) is 6. The lowest BCUT2D eigenvalue weighted by Gasteiger charge is -2.29. The Morgan fingerprint density at radius 2 is 1.25 bits per heavy atom. The van der Waals surface area contributed by atoms with E-state index in [1.807, 2.05) is 54.6 Å². The lowest BCUT2D eigenvalue weighted by molar-refractivity contribution is -0.137. The molecule has 1 fully saturated rings. The van der Waals surface area contributed by atoms with Gasteiger partial charge in [0, 0.05) is 29.9 Å². The van der Waals surface area contributed by atoms with Crippen molar-refractivity contribution in [2.45, 2.75) is 56.3 Å². The topological polar surface area (TPSA) is 178 Å². The average Bonchev–Trinajstić information content (AvgIpc) is 3.37. The zero-order chi connectivity index (χ0) is 28.5. The minimum absolute atomic E-state index is 0.120. The smallest absolute Gasteiger partial charge is 0.245 e. The van der Waals surface area contributed by atoms with Crippen LogP contribution in [0.2, 0.25) is 0 Å². The average molecular weight is 549 g/mol. The molecule has 0 saturated carbocycles. The molecule has 0 bridgehead atoms. The quantitative estimate of drug-likeness (QED) is 0.185. The Kier molecular flexibility index (Phi) is 9.87. The highest BCUT2D eigenvalue weighted by molar-refractivity contribution is 5.98. The number of carbonyl (C=O) groups is 4. The number of aromatic amines is 1. The van der Waals surface area contributed by atoms with Gasteiger partial charge in [0.05, 0.1) is 6.61 Å². The maximum atomic E-state index is 13.7. The van der Waals surface area contributed by atoms with Crippen molar-refractivity contribution in [3.63, 3.8) is 0 Å². The molecule has 8 N–H and O–H groups in total. The summed E-state index contributed by atoms with van der Waals surface area (Å²) < 4.78 is 0. The van der Waals surface area contributed by atoms with Crippen LogP contribution in [-0.4, -0.2) is 71.0 Å². The molecule has 4 atom stereocenters. The van der Waals surface area contributed by atoms with Crippen LogP contribution >= 0.6 is 0 Å². The van der Waals surface area contributed by atoms with Crippen molar-refractivity contribution in [3.8, 4) is 0 Å². The molecule has 0 spiro atoms. The predicted octanol–water partition coefficient (Wildman–Crippen LogP) is 0.0272. The van der Waals surface area contributed by atoms with Crippen LogP contribution in [0.15, 0.2) is 60.8 Å². The Morgan fingerprint density at radius 1 is 0.675 bits per heavy atom. The summed E-state index contributed by atoms with van der Waals surface area (Å²) in [5, 5.41) is 21.6. The van der Waals surface area contributed by atoms with Gasteiger partial charge in [0.2, 0.25) is 23.6 Å². The van der Waals surface area contributed by atoms with E-state index < -0.39 is 54.4 Å². The third-order valence-corrected chi connectivity index (χ3v) is 7.04. The molecule has 11 nitrogen and oxygen atoms in total. The summed E-state index contributed by atoms with van der Waals surface area (Å²) >= 11 is 0. The van der Waals surface area contributed by atoms with Crippen molar-refractivity contribution < 1.29 is 24.3 Å². The molecule has 0 aliphatic carbocycles. The number of amides is 4. The van der Waals surface area contributed by atoms with Crippen LogP contribution in [0.25, 0.3) is 10.9 Å². The first-order valence-electron chi connectivity index (χ1n) is 13.5. The van der Waals surface area contributed by atoms with Gasteiger partial charge in [0.1, 0.15) is 24.2 Å². The maximum absolute atomic E-state index is 13.7. The van der Waals surface area contributed by atoms with Crippen molar-refractivity contribution in [1.29, 1.82) is 0 Å². The Labute approximate surface area is 232 Å². The normalized spacial score (nSPS) is 22.4. The van der Waals surface area contributed by atoms with E-state index in [1.165, 1.54) is 0 Å². The second-order valence-corrected chi connectivity index (χ2v) is 9.97. The zero-order valence-corrected chi connectivity index (χ0v) is 22.2. The molecular weight excluding hydrogens is 512 g/mol. The van der Waals surface area contributed by atoms with Gasteiger partial charge < -0.3 is 37.1 Å². The summed E-state index contributed by atoms with van der Waals surface area (Å²) in [5.41, 5.74) is 8.08. The highest BCUT2D eigenvalue weighted by Gasteiger charge is 2.34. The third kappa shape index (κ3) is 7.25. The zero-order valence-electron chi connectivity index (χ0n) is 22.2. The van der Waals surface area contributed by atoms with Crippen LogP contribution in [0.4, 0.5) is 0 Å². The second-order valence-electron chi connectivity index (χ2n) is 9.97. The number of unbranched alkanes of at least 4 members (excludes halogenated alkanes) is 1. The van der Waals surface area contributed by atoms with Crippen LogP contribution < -0.4 is 27.0 Å². The van der Waals surface area contributed by atoms with Gasteiger partial charge in [-0.25, -0.2) is 0 Å². The number of nitrogens with one attached hydrogen (secondary N) is 5. The molecule has 1 aromatic heterocycles. The number of aliphatic hydroxyl groups is 1. The van der Waals surface area contributed by atoms with E-state index in [9.17, 15) is 24.3 Å². The van der Waals surface area contributed by atoms with E-state index in [0.29, 0.717) is 19.4 Å². The second kappa shape index (κ2) is 13.7. The highest BCUT2D eigenvalue weighted by atomic mass is 16.3. The van der Waals surface area contributed by atoms with Crippen molar-refractivity contribution >= 4 is 34.5 Å². The van der Waals surface area contributed by atoms with Crippen LogP contribution in [0.5, 0.6) is 0 Å². The molecule has 2 aromatic carbocycles. The van der Waals surface area contributed by atoms with Crippen LogP contribution in [0.1, 0.15) is 30.4 Å². The summed E-state index contributed by atoms with van der Waals surface area (Å²) in [7, 11) is 0. The van der Waals surface area contributed by atoms with Gasteiger partial charge in [-0.05, 0) is 43.0 Å². The van der Waals surface area contributed by atoms with Crippen LogP contribution in [0, 0.1) is 0 Å². The van der Waals surface area contributed by atoms with Gasteiger partial charge in [-0.15, -0.1) is 0 Å². The molecule has 1 aliphatic heterocycles. The van der Waals surface area contributed by atoms with E-state index in [1.54, 1.807) is 6.20 Å². The molecule has 3 aromatic rings. The summed E-state index contributed by atoms with van der Waals surface area (Å²) in [6, 6.07) is 12.4. The summed E-state index contributed by atoms with van der Waals surface area (Å²) in [6.07, 6.45) is 3.56. The van der Waals surface area contributed by atoms with Gasteiger partial charge in [-0.2, -0.15) is 0 Å². The molecule has 1 saturated heterocycles. The third-order valence-electron chi connectivity index (χ3n) is 7.04. The lowest BCUT2D eigenvalue weighted by atomic mass is 10.0. The van der Waals surface area contributed by atoms with E-state index in [0.717, 1.165) is 22.0 Å². The van der Waals surface area contributed by atoms with E-state index >= 15 is 0 Å². The van der Waals surface area contributed by atoms with Crippen LogP contribution in [-0.2, 0) is 32.0 Å². The Balaban J connectivity index is 1.65. The Bertz CT molecular complexity index is 1330. The molecule has 4 rings (SSSR count). The van der Waals surface area contributed by atoms with Crippen molar-refractivity contribution in [3.05, 3.63) is 71.9 Å². The standard InChI is InChI=1S/C29H36N6O5/c30-13-7-6-12-22-26(37)35-25(17-36)29(40)34-24(15-19-16-31-21-11-5-4-10-20(19)21)28(39)33-23(27(38)32-22)14-18-8-2-1-3-9-18/h1-5,8-11,16,22-25,31,36H,6-7,12-15,17,30H2,(H,32,38)(H,33,39)(H,34,40)(H,35,37)/t22-,23-,24-,25-/m0/s1. The summed E-state index contributed by atoms with van der Waals surface area (Å²) in [6.45, 7) is -0.256. The molecule has 4 amide bonds. The number of aliphatic hydroxyl groups excluding tert-OH is 1. The van der Waals surface area contributed by atoms with Gasteiger partial charge in [0.25, 0.3) is 0 Å². The maximum Gasteiger partial charge on any atom is 0.245 e. The fourth-order valence-electron chi connectivity index (χ4n) is 4.83. The number of carbonyl (C=O) groups excluding carboxylic acids is 4. The predicted molar refractivity (Wildman–Crippen MR) is 150 cm³/mol. The van der Waals surface area contributed by atoms with E-state index in [2.05, 4.69) is 26.3 Å². The fraction of sp³-hybridized carbons (Fsp3) is 0.379. The summed E-state index contributed by atoms with van der Waals surface area (Å²) in [4.78, 5) is 56.7. The first-order chi connectivity index (χ1) is 19.4. The molecule has 0 unspecified atom stereocenters. The first kappa shape index (κ1) is 28.8. The minimum Gasteiger partial charge on any atom is -0.394 e. The van der Waals surface area contributed by atoms with Crippen molar-refractivity contribution in [2.75, 3.05) is 13.2 Å². The summed E-state index contributed by atoms with van der Waals surface area (Å²) in [5.74, 6) is -2.39. The monoisotopic (exact) mass is 548 g/mol. The van der Waals surface area contributed by atoms with E-state index in [4.69, 9.17) is 5.73 Å². The fourth-order valence-corrected chi connectivity index (χ4v) is 4.83. The molecule has 2 heterocycles. The molecule has 40 heavy (non-hydrogen) atoms. The molecule has 212 valence electrons. The number of rotatable bonds is 9. The Morgan fingerprint density at radius 3 is 1.95 bits per heavy atom. The van der Waals surface area contributed by atoms with Gasteiger partial charge in [-0.3, -0.25) is 19.2 Å². The number of fused-ring (bicyclic) bond motifs is 1. The first-order valence-corrected chi connectivity index (χ1v) is 13.5. The Hall–Kier alpha value is -4.22. The van der Waals surface area contributed by atoms with E-state index in [-0.39, 0.29) is 19.3 Å². The number of para-hydroxylation sites is 1. The lowest BCUT2D eigenvalue weighted by Crippen LogP contribution is -2.62. The largest absolute Gasteiger partial charge is 0.394 e. The molecule has 1 aliphatic rings. The number of benzene rings is 2. The number of nitrogens with two attached hydrogens (primary N) is 1. The molecular formula is C29H36N6O5. The van der Waals surface area contributed by atoms with Gasteiger partial charge in [0.15, 0.2) is 0 Å². The SMILES string of the molecule is NCCCC[C@@H]1NC(=O)[C@H](Cc2ccccc2)NC(=O)[C@H](Cc2c[nH]c3ccccc23)NC(=O)[C@H](CO)NC1=O. The molecule has 0 radical (unpaired) electrons. The number of H-pyrrole nitrogens is 1. The van der Waals surface area contributed by atoms with Crippen molar-refractivity contribution in [1.82, 2.24) is 26.3 Å². The van der Waals surface area contributed by atoms with Crippen LogP contribution in [0.3, 0.4) is 0 Å². The van der Waals surface area contributed by atoms with Gasteiger partial charge in [-0.1, -0.05) is 48.5 Å². The van der Waals surface area contributed by atoms with Crippen molar-refractivity contribution in [2.24, 2.45) is 5.73 Å².